The number of amidine groups is 1. The number of nitrogen functional groups attached to an aromatic ring is 1. The minimum absolute atomic E-state index is 0.100. The minimum Gasteiger partial charge on any atom is -0.384 e. The summed E-state index contributed by atoms with van der Waals surface area (Å²) in [5.74, 6) is -0.0424. The molecule has 0 aliphatic heterocycles. The third kappa shape index (κ3) is 2.21. The average Bonchev–Trinajstić information content (AvgIpc) is 2.60. The molecular formula is C11H12FN5S. The SMILES string of the molecule is Cc1nnc(Sc2cccc(F)c2C(=N)N)n1C. The van der Waals surface area contributed by atoms with Gasteiger partial charge in [-0.2, -0.15) is 0 Å². The van der Waals surface area contributed by atoms with Gasteiger partial charge in [-0.05, 0) is 30.8 Å². The molecule has 0 bridgehead atoms. The summed E-state index contributed by atoms with van der Waals surface area (Å²) in [6, 6.07) is 4.56. The molecule has 0 saturated carbocycles. The van der Waals surface area contributed by atoms with Crippen molar-refractivity contribution in [1.82, 2.24) is 14.8 Å². The van der Waals surface area contributed by atoms with Crippen molar-refractivity contribution in [1.29, 1.82) is 5.41 Å². The molecular weight excluding hydrogens is 253 g/mol. The molecule has 0 aliphatic carbocycles. The first kappa shape index (κ1) is 12.6. The normalized spacial score (nSPS) is 10.6. The molecule has 1 aromatic carbocycles. The molecule has 0 amide bonds. The van der Waals surface area contributed by atoms with Crippen LogP contribution in [-0.4, -0.2) is 20.6 Å². The quantitative estimate of drug-likeness (QED) is 0.654. The van der Waals surface area contributed by atoms with Gasteiger partial charge in [-0.15, -0.1) is 10.2 Å². The second-order valence-electron chi connectivity index (χ2n) is 3.72. The Labute approximate surface area is 108 Å². The Morgan fingerprint density at radius 2 is 2.17 bits per heavy atom. The van der Waals surface area contributed by atoms with Gasteiger partial charge < -0.3 is 10.3 Å². The standard InChI is InChI=1S/C11H12FN5S/c1-6-15-16-11(17(6)2)18-8-5-3-4-7(12)9(8)10(13)14/h3-5H,1-2H3,(H3,13,14). The first-order chi connectivity index (χ1) is 8.50. The zero-order chi connectivity index (χ0) is 13.3. The van der Waals surface area contributed by atoms with Crippen molar-refractivity contribution < 1.29 is 4.39 Å². The van der Waals surface area contributed by atoms with Crippen LogP contribution in [0.4, 0.5) is 4.39 Å². The molecule has 2 rings (SSSR count). The topological polar surface area (TPSA) is 80.6 Å². The van der Waals surface area contributed by atoms with Gasteiger partial charge in [-0.1, -0.05) is 6.07 Å². The Hall–Kier alpha value is -1.89. The maximum atomic E-state index is 13.6. The second kappa shape index (κ2) is 4.77. The van der Waals surface area contributed by atoms with E-state index in [1.807, 2.05) is 14.0 Å². The number of benzene rings is 1. The molecule has 7 heteroatoms. The lowest BCUT2D eigenvalue weighted by atomic mass is 10.2. The van der Waals surface area contributed by atoms with Crippen molar-refractivity contribution in [3.05, 3.63) is 35.4 Å². The van der Waals surface area contributed by atoms with Crippen LogP contribution in [0.5, 0.6) is 0 Å². The molecule has 5 nitrogen and oxygen atoms in total. The molecule has 0 aliphatic rings. The lowest BCUT2D eigenvalue weighted by molar-refractivity contribution is 0.620. The molecule has 0 saturated heterocycles. The Bertz CT molecular complexity index is 607. The third-order valence-corrected chi connectivity index (χ3v) is 3.60. The van der Waals surface area contributed by atoms with Gasteiger partial charge in [0, 0.05) is 11.9 Å². The zero-order valence-corrected chi connectivity index (χ0v) is 10.8. The predicted octanol–water partition coefficient (Wildman–Crippen LogP) is 1.70. The van der Waals surface area contributed by atoms with Crippen LogP contribution in [0, 0.1) is 18.2 Å². The van der Waals surface area contributed by atoms with Crippen LogP contribution in [0.3, 0.4) is 0 Å². The Morgan fingerprint density at radius 3 is 2.72 bits per heavy atom. The first-order valence-corrected chi connectivity index (χ1v) is 5.99. The Balaban J connectivity index is 2.44. The van der Waals surface area contributed by atoms with Gasteiger partial charge in [0.15, 0.2) is 5.16 Å². The molecule has 1 heterocycles. The number of nitrogens with two attached hydrogens (primary N) is 1. The number of rotatable bonds is 3. The van der Waals surface area contributed by atoms with E-state index < -0.39 is 5.82 Å². The lowest BCUT2D eigenvalue weighted by Crippen LogP contribution is -2.14. The van der Waals surface area contributed by atoms with E-state index in [1.54, 1.807) is 16.7 Å². The van der Waals surface area contributed by atoms with Crippen LogP contribution < -0.4 is 5.73 Å². The Kier molecular flexibility index (Phi) is 3.33. The van der Waals surface area contributed by atoms with Crippen molar-refractivity contribution in [3.63, 3.8) is 0 Å². The van der Waals surface area contributed by atoms with Crippen molar-refractivity contribution >= 4 is 17.6 Å². The van der Waals surface area contributed by atoms with Crippen LogP contribution in [0.1, 0.15) is 11.4 Å². The van der Waals surface area contributed by atoms with E-state index in [4.69, 9.17) is 11.1 Å². The van der Waals surface area contributed by atoms with E-state index in [-0.39, 0.29) is 11.4 Å². The fourth-order valence-electron chi connectivity index (χ4n) is 1.43. The molecule has 94 valence electrons. The van der Waals surface area contributed by atoms with Crippen LogP contribution >= 0.6 is 11.8 Å². The summed E-state index contributed by atoms with van der Waals surface area (Å²) < 4.78 is 15.4. The van der Waals surface area contributed by atoms with Gasteiger partial charge in [0.1, 0.15) is 17.5 Å². The van der Waals surface area contributed by atoms with Crippen LogP contribution in [0.15, 0.2) is 28.3 Å². The lowest BCUT2D eigenvalue weighted by Gasteiger charge is -2.08. The van der Waals surface area contributed by atoms with E-state index in [2.05, 4.69) is 10.2 Å². The van der Waals surface area contributed by atoms with E-state index in [9.17, 15) is 4.39 Å². The highest BCUT2D eigenvalue weighted by atomic mass is 32.2. The molecule has 0 spiro atoms. The third-order valence-electron chi connectivity index (χ3n) is 2.50. The number of nitrogens with zero attached hydrogens (tertiary/aromatic N) is 3. The smallest absolute Gasteiger partial charge is 0.195 e. The molecule has 3 N–H and O–H groups in total. The predicted molar refractivity (Wildman–Crippen MR) is 67.3 cm³/mol. The molecule has 0 radical (unpaired) electrons. The highest BCUT2D eigenvalue weighted by Crippen LogP contribution is 2.30. The molecule has 18 heavy (non-hydrogen) atoms. The van der Waals surface area contributed by atoms with E-state index in [1.165, 1.54) is 17.8 Å². The van der Waals surface area contributed by atoms with Gasteiger partial charge in [-0.25, -0.2) is 4.39 Å². The monoisotopic (exact) mass is 265 g/mol. The summed E-state index contributed by atoms with van der Waals surface area (Å²) >= 11 is 1.23. The van der Waals surface area contributed by atoms with Crippen LogP contribution in [0.25, 0.3) is 0 Å². The fraction of sp³-hybridized carbons (Fsp3) is 0.182. The number of hydrogen-bond acceptors (Lipinski definition) is 4. The Morgan fingerprint density at radius 1 is 1.44 bits per heavy atom. The molecule has 0 unspecified atom stereocenters. The van der Waals surface area contributed by atoms with Crippen molar-refractivity contribution in [2.24, 2.45) is 12.8 Å². The van der Waals surface area contributed by atoms with Crippen LogP contribution in [-0.2, 0) is 7.05 Å². The number of hydrogen-bond donors (Lipinski definition) is 2. The van der Waals surface area contributed by atoms with Gasteiger partial charge >= 0.3 is 0 Å². The summed E-state index contributed by atoms with van der Waals surface area (Å²) in [7, 11) is 1.82. The molecule has 1 aromatic heterocycles. The highest BCUT2D eigenvalue weighted by molar-refractivity contribution is 7.99. The van der Waals surface area contributed by atoms with E-state index in [0.717, 1.165) is 5.82 Å². The maximum Gasteiger partial charge on any atom is 0.195 e. The summed E-state index contributed by atoms with van der Waals surface area (Å²) in [4.78, 5) is 0.554. The largest absolute Gasteiger partial charge is 0.384 e. The summed E-state index contributed by atoms with van der Waals surface area (Å²) in [5.41, 5.74) is 5.50. The van der Waals surface area contributed by atoms with Gasteiger partial charge in [0.05, 0.1) is 5.56 Å². The fourth-order valence-corrected chi connectivity index (χ4v) is 2.43. The summed E-state index contributed by atoms with van der Waals surface area (Å²) in [6.07, 6.45) is 0. The van der Waals surface area contributed by atoms with Crippen molar-refractivity contribution in [2.45, 2.75) is 17.0 Å². The van der Waals surface area contributed by atoms with E-state index in [0.29, 0.717) is 10.1 Å². The van der Waals surface area contributed by atoms with E-state index >= 15 is 0 Å². The van der Waals surface area contributed by atoms with Gasteiger partial charge in [0.2, 0.25) is 0 Å². The second-order valence-corrected chi connectivity index (χ2v) is 4.73. The highest BCUT2D eigenvalue weighted by Gasteiger charge is 2.15. The number of nitrogens with one attached hydrogen (secondary N) is 1. The average molecular weight is 265 g/mol. The van der Waals surface area contributed by atoms with Gasteiger partial charge in [-0.3, -0.25) is 5.41 Å². The number of aryl methyl sites for hydroxylation is 1. The van der Waals surface area contributed by atoms with Crippen LogP contribution in [0.2, 0.25) is 0 Å². The molecule has 2 aromatic rings. The first-order valence-electron chi connectivity index (χ1n) is 5.17. The minimum atomic E-state index is -0.508. The number of halogens is 1. The molecule has 0 fully saturated rings. The maximum absolute atomic E-state index is 13.6. The van der Waals surface area contributed by atoms with Crippen molar-refractivity contribution in [3.8, 4) is 0 Å². The summed E-state index contributed by atoms with van der Waals surface area (Å²) in [5, 5.41) is 16.0. The van der Waals surface area contributed by atoms with Crippen molar-refractivity contribution in [2.75, 3.05) is 0 Å². The zero-order valence-electron chi connectivity index (χ0n) is 9.94. The summed E-state index contributed by atoms with van der Waals surface area (Å²) in [6.45, 7) is 1.83. The molecule has 0 atom stereocenters. The van der Waals surface area contributed by atoms with Gasteiger partial charge in [0.25, 0.3) is 0 Å². The number of aromatic nitrogens is 3.